The van der Waals surface area contributed by atoms with Gasteiger partial charge in [-0.3, -0.25) is 9.59 Å². The predicted molar refractivity (Wildman–Crippen MR) is 93.3 cm³/mol. The van der Waals surface area contributed by atoms with Gasteiger partial charge in [0.1, 0.15) is 5.75 Å². The second kappa shape index (κ2) is 5.62. The normalized spacial score (nSPS) is 21.3. The van der Waals surface area contributed by atoms with Crippen LogP contribution in [0.5, 0.6) is 5.75 Å². The number of hydrogen-bond acceptors (Lipinski definition) is 3. The van der Waals surface area contributed by atoms with Gasteiger partial charge in [-0.05, 0) is 18.2 Å². The van der Waals surface area contributed by atoms with Crippen LogP contribution in [0.4, 0.5) is 0 Å². The molecule has 1 saturated heterocycles. The lowest BCUT2D eigenvalue weighted by Crippen LogP contribution is -2.51. The van der Waals surface area contributed by atoms with E-state index in [1.165, 1.54) is 0 Å². The fourth-order valence-corrected chi connectivity index (χ4v) is 4.11. The van der Waals surface area contributed by atoms with Gasteiger partial charge in [-0.1, -0.05) is 37.3 Å². The molecule has 0 radical (unpaired) electrons. The molecule has 0 N–H and O–H groups in total. The molecule has 2 aromatic rings. The van der Waals surface area contributed by atoms with Gasteiger partial charge in [-0.2, -0.15) is 0 Å². The van der Waals surface area contributed by atoms with Gasteiger partial charge in [-0.15, -0.1) is 0 Å². The van der Waals surface area contributed by atoms with Crippen molar-refractivity contribution < 1.29 is 14.3 Å². The van der Waals surface area contributed by atoms with E-state index < -0.39 is 5.66 Å². The molecule has 0 aliphatic carbocycles. The van der Waals surface area contributed by atoms with E-state index in [4.69, 9.17) is 4.74 Å². The highest BCUT2D eigenvalue weighted by molar-refractivity contribution is 6.02. The third kappa shape index (κ3) is 1.95. The second-order valence-electron chi connectivity index (χ2n) is 6.30. The number of amides is 2. The number of fused-ring (bicyclic) bond motifs is 3. The minimum absolute atomic E-state index is 0.0159. The van der Waals surface area contributed by atoms with E-state index in [2.05, 4.69) is 0 Å². The van der Waals surface area contributed by atoms with Gasteiger partial charge in [0.05, 0.1) is 7.11 Å². The topological polar surface area (TPSA) is 49.9 Å². The van der Waals surface area contributed by atoms with E-state index in [1.54, 1.807) is 7.11 Å². The van der Waals surface area contributed by atoms with Crippen LogP contribution in [0.1, 0.15) is 34.8 Å². The Morgan fingerprint density at radius 3 is 2.52 bits per heavy atom. The first kappa shape index (κ1) is 15.7. The highest BCUT2D eigenvalue weighted by Gasteiger charge is 2.59. The molecule has 0 spiro atoms. The van der Waals surface area contributed by atoms with E-state index in [0.717, 1.165) is 16.9 Å². The maximum Gasteiger partial charge on any atom is 0.256 e. The van der Waals surface area contributed by atoms with Gasteiger partial charge in [0.25, 0.3) is 5.91 Å². The van der Waals surface area contributed by atoms with Gasteiger partial charge in [0.15, 0.2) is 5.66 Å². The Labute approximate surface area is 146 Å². The molecule has 2 amide bonds. The number of hydrogen-bond donors (Lipinski definition) is 0. The molecule has 0 saturated carbocycles. The summed E-state index contributed by atoms with van der Waals surface area (Å²) in [6.07, 6.45) is 0.405. The smallest absolute Gasteiger partial charge is 0.256 e. The third-order valence-corrected chi connectivity index (χ3v) is 5.20. The summed E-state index contributed by atoms with van der Waals surface area (Å²) in [5.41, 5.74) is 1.61. The Kier molecular flexibility index (Phi) is 3.53. The van der Waals surface area contributed by atoms with Crippen molar-refractivity contribution >= 4 is 11.8 Å². The Morgan fingerprint density at radius 1 is 1.12 bits per heavy atom. The first-order chi connectivity index (χ1) is 12.1. The molecule has 2 heterocycles. The second-order valence-corrected chi connectivity index (χ2v) is 6.30. The Balaban J connectivity index is 1.99. The molecule has 0 bridgehead atoms. The molecule has 128 valence electrons. The largest absolute Gasteiger partial charge is 0.497 e. The van der Waals surface area contributed by atoms with E-state index in [9.17, 15) is 9.59 Å². The lowest BCUT2D eigenvalue weighted by Gasteiger charge is -2.40. The quantitative estimate of drug-likeness (QED) is 0.866. The van der Waals surface area contributed by atoms with Crippen molar-refractivity contribution in [1.29, 1.82) is 0 Å². The van der Waals surface area contributed by atoms with Crippen LogP contribution >= 0.6 is 0 Å². The molecule has 2 aliphatic heterocycles. The molecule has 2 aliphatic rings. The zero-order valence-corrected chi connectivity index (χ0v) is 14.4. The highest BCUT2D eigenvalue weighted by Crippen LogP contribution is 2.49. The van der Waals surface area contributed by atoms with E-state index >= 15 is 0 Å². The SMILES string of the molecule is CCC(=O)N1CCN2C(=O)c3ccccc3C12c1ccc(OC)cc1. The Hall–Kier alpha value is -2.82. The zero-order chi connectivity index (χ0) is 17.6. The fraction of sp³-hybridized carbons (Fsp3) is 0.300. The van der Waals surface area contributed by atoms with Gasteiger partial charge in [0, 0.05) is 36.2 Å². The predicted octanol–water partition coefficient (Wildman–Crippen LogP) is 2.60. The summed E-state index contributed by atoms with van der Waals surface area (Å²) in [5, 5.41) is 0. The maximum absolute atomic E-state index is 13.0. The maximum atomic E-state index is 13.0. The first-order valence-electron chi connectivity index (χ1n) is 8.51. The minimum Gasteiger partial charge on any atom is -0.497 e. The lowest BCUT2D eigenvalue weighted by molar-refractivity contribution is -0.136. The summed E-state index contributed by atoms with van der Waals surface area (Å²) < 4.78 is 5.27. The van der Waals surface area contributed by atoms with Crippen molar-refractivity contribution in [2.45, 2.75) is 19.0 Å². The lowest BCUT2D eigenvalue weighted by atomic mass is 9.89. The van der Waals surface area contributed by atoms with Crippen LogP contribution < -0.4 is 4.74 Å². The van der Waals surface area contributed by atoms with E-state index in [1.807, 2.05) is 65.3 Å². The van der Waals surface area contributed by atoms with Crippen molar-refractivity contribution in [3.8, 4) is 5.75 Å². The molecule has 0 aromatic heterocycles. The van der Waals surface area contributed by atoms with Gasteiger partial charge in [-0.25, -0.2) is 0 Å². The van der Waals surface area contributed by atoms with Crippen LogP contribution in [0.3, 0.4) is 0 Å². The first-order valence-corrected chi connectivity index (χ1v) is 8.51. The molecule has 1 fully saturated rings. The fourth-order valence-electron chi connectivity index (χ4n) is 4.11. The van der Waals surface area contributed by atoms with Crippen LogP contribution in [0.15, 0.2) is 48.5 Å². The van der Waals surface area contributed by atoms with Crippen LogP contribution in [0, 0.1) is 0 Å². The number of ether oxygens (including phenoxy) is 1. The molecule has 25 heavy (non-hydrogen) atoms. The molecule has 5 heteroatoms. The molecular formula is C20H20N2O3. The molecule has 4 rings (SSSR count). The highest BCUT2D eigenvalue weighted by atomic mass is 16.5. The van der Waals surface area contributed by atoms with Crippen molar-refractivity contribution in [1.82, 2.24) is 9.80 Å². The van der Waals surface area contributed by atoms with Crippen molar-refractivity contribution in [3.63, 3.8) is 0 Å². The number of methoxy groups -OCH3 is 1. The van der Waals surface area contributed by atoms with Crippen LogP contribution in [0.25, 0.3) is 0 Å². The number of nitrogens with zero attached hydrogens (tertiary/aromatic N) is 2. The van der Waals surface area contributed by atoms with Gasteiger partial charge >= 0.3 is 0 Å². The average molecular weight is 336 g/mol. The standard InChI is InChI=1S/C20H20N2O3/c1-3-18(23)21-12-13-22-19(24)16-6-4-5-7-17(16)20(21,22)14-8-10-15(25-2)11-9-14/h4-11H,3,12-13H2,1-2H3. The minimum atomic E-state index is -0.854. The van der Waals surface area contributed by atoms with Gasteiger partial charge < -0.3 is 14.5 Å². The number of carbonyl (C=O) groups is 2. The van der Waals surface area contributed by atoms with Gasteiger partial charge in [0.2, 0.25) is 5.91 Å². The number of carbonyl (C=O) groups excluding carboxylic acids is 2. The monoisotopic (exact) mass is 336 g/mol. The molecule has 1 atom stereocenters. The molecule has 2 aromatic carbocycles. The Bertz CT molecular complexity index is 846. The molecular weight excluding hydrogens is 316 g/mol. The third-order valence-electron chi connectivity index (χ3n) is 5.20. The summed E-state index contributed by atoms with van der Waals surface area (Å²) in [7, 11) is 1.62. The van der Waals surface area contributed by atoms with Crippen molar-refractivity contribution in [3.05, 3.63) is 65.2 Å². The zero-order valence-electron chi connectivity index (χ0n) is 14.4. The van der Waals surface area contributed by atoms with E-state index in [0.29, 0.717) is 25.1 Å². The summed E-state index contributed by atoms with van der Waals surface area (Å²) in [5.74, 6) is 0.774. The van der Waals surface area contributed by atoms with Crippen LogP contribution in [-0.2, 0) is 10.5 Å². The summed E-state index contributed by atoms with van der Waals surface area (Å²) in [6, 6.07) is 15.2. The summed E-state index contributed by atoms with van der Waals surface area (Å²) in [4.78, 5) is 29.4. The summed E-state index contributed by atoms with van der Waals surface area (Å²) >= 11 is 0. The van der Waals surface area contributed by atoms with Crippen molar-refractivity contribution in [2.24, 2.45) is 0 Å². The van der Waals surface area contributed by atoms with Crippen LogP contribution in [-0.4, -0.2) is 41.8 Å². The Morgan fingerprint density at radius 2 is 1.84 bits per heavy atom. The van der Waals surface area contributed by atoms with Crippen molar-refractivity contribution in [2.75, 3.05) is 20.2 Å². The average Bonchev–Trinajstić information content (AvgIpc) is 3.17. The summed E-state index contributed by atoms with van der Waals surface area (Å²) in [6.45, 7) is 2.93. The van der Waals surface area contributed by atoms with E-state index in [-0.39, 0.29) is 11.8 Å². The molecule has 5 nitrogen and oxygen atoms in total. The number of benzene rings is 2. The molecule has 1 unspecified atom stereocenters. The van der Waals surface area contributed by atoms with Crippen LogP contribution in [0.2, 0.25) is 0 Å². The number of rotatable bonds is 3.